The van der Waals surface area contributed by atoms with Gasteiger partial charge < -0.3 is 9.97 Å². The monoisotopic (exact) mass is 573 g/mol. The molecule has 5 heteroatoms. The largest absolute Gasteiger partial charge is 1.00 e. The molecule has 0 fully saturated rings. The maximum absolute atomic E-state index is 5.17. The van der Waals surface area contributed by atoms with E-state index in [-0.39, 0.29) is 17.1 Å². The molecule has 4 aromatic carbocycles. The van der Waals surface area contributed by atoms with Gasteiger partial charge in [0.15, 0.2) is 0 Å². The molecule has 196 valence electrons. The van der Waals surface area contributed by atoms with E-state index in [2.05, 4.69) is 131 Å². The van der Waals surface area contributed by atoms with Gasteiger partial charge in [-0.05, 0) is 24.3 Å². The summed E-state index contributed by atoms with van der Waals surface area (Å²) in [5.74, 6) is 0. The second-order valence-corrected chi connectivity index (χ2v) is 10.4. The number of fused-ring (bicyclic) bond motifs is 20. The third kappa shape index (κ3) is 3.60. The van der Waals surface area contributed by atoms with Gasteiger partial charge in [-0.1, -0.05) is 97.1 Å². The van der Waals surface area contributed by atoms with E-state index in [1.807, 2.05) is 0 Å². The molecule has 0 saturated carbocycles. The Kier molecular flexibility index (Phi) is 5.26. The van der Waals surface area contributed by atoms with E-state index < -0.39 is 0 Å². The summed E-state index contributed by atoms with van der Waals surface area (Å²) in [4.78, 5) is 17.8. The molecule has 0 aliphatic carbocycles. The molecule has 3 aromatic heterocycles. The molecular formula is C36H22CuN4+. The number of rotatable bonds is 0. The van der Waals surface area contributed by atoms with Crippen LogP contribution >= 0.6 is 0 Å². The number of nitrogens with zero attached hydrogens (tertiary/aromatic N) is 2. The Morgan fingerprint density at radius 1 is 0.341 bits per heavy atom. The van der Waals surface area contributed by atoms with Crippen LogP contribution in [0.5, 0.6) is 0 Å². The summed E-state index contributed by atoms with van der Waals surface area (Å²) in [7, 11) is 0. The third-order valence-corrected chi connectivity index (χ3v) is 8.12. The standard InChI is InChI=1S/C36H22N4.Cu/c1-2-10-22-21(9-1)29-17-31-23-11-3-4-12-24(23)33(38-31)19-35-27-15-7-8-16-28(27)36(40-35)20-34-26-14-6-5-13-25(26)32(39-34)18-30(22)37-29;/h1-20,37,40H;/q;+1. The van der Waals surface area contributed by atoms with Crippen molar-refractivity contribution in [1.82, 2.24) is 19.9 Å². The Morgan fingerprint density at radius 2 is 0.585 bits per heavy atom. The zero-order valence-electron chi connectivity index (χ0n) is 21.7. The smallest absolute Gasteiger partial charge is 0.354 e. The minimum atomic E-state index is 0. The van der Waals surface area contributed by atoms with Crippen LogP contribution in [0.25, 0.3) is 88.6 Å². The fourth-order valence-corrected chi connectivity index (χ4v) is 6.27. The SMILES string of the molecule is [Cu+].c1ccc2c(c1)-c1cc3[nH]c(cc4nc(cc5[nH]c(cc-2n1)c1ccccc51)-c1ccccc1-4)c1ccccc31. The fourth-order valence-electron chi connectivity index (χ4n) is 6.27. The van der Waals surface area contributed by atoms with E-state index >= 15 is 0 Å². The number of aromatic nitrogens is 4. The summed E-state index contributed by atoms with van der Waals surface area (Å²) < 4.78 is 0. The average Bonchev–Trinajstić information content (AvgIpc) is 3.73. The molecule has 0 amide bonds. The van der Waals surface area contributed by atoms with Crippen molar-refractivity contribution in [3.05, 3.63) is 121 Å². The Hall–Kier alpha value is -4.96. The maximum Gasteiger partial charge on any atom is 1.00 e. The minimum Gasteiger partial charge on any atom is -0.354 e. The second-order valence-electron chi connectivity index (χ2n) is 10.4. The maximum atomic E-state index is 5.17. The molecule has 41 heavy (non-hydrogen) atoms. The molecule has 2 N–H and O–H groups in total. The van der Waals surface area contributed by atoms with Crippen molar-refractivity contribution < 1.29 is 17.1 Å². The molecule has 0 unspecified atom stereocenters. The van der Waals surface area contributed by atoms with E-state index in [9.17, 15) is 0 Å². The van der Waals surface area contributed by atoms with Crippen molar-refractivity contribution in [2.75, 3.05) is 0 Å². The molecule has 5 heterocycles. The first-order chi connectivity index (χ1) is 19.8. The zero-order chi connectivity index (χ0) is 26.2. The summed E-state index contributed by atoms with van der Waals surface area (Å²) in [6, 6.07) is 42.7. The average molecular weight is 574 g/mol. The molecule has 0 saturated heterocycles. The molecule has 8 bridgehead atoms. The molecule has 7 aromatic rings. The van der Waals surface area contributed by atoms with E-state index in [1.165, 1.54) is 0 Å². The molecule has 0 atom stereocenters. The summed E-state index contributed by atoms with van der Waals surface area (Å²) in [5, 5.41) is 4.66. The third-order valence-electron chi connectivity index (χ3n) is 8.12. The first-order valence-electron chi connectivity index (χ1n) is 13.5. The van der Waals surface area contributed by atoms with E-state index in [1.54, 1.807) is 0 Å². The predicted molar refractivity (Wildman–Crippen MR) is 165 cm³/mol. The second kappa shape index (κ2) is 9.03. The van der Waals surface area contributed by atoms with Crippen LogP contribution in [0, 0.1) is 0 Å². The van der Waals surface area contributed by atoms with Gasteiger partial charge in [-0.3, -0.25) is 0 Å². The van der Waals surface area contributed by atoms with Crippen molar-refractivity contribution in [2.24, 2.45) is 0 Å². The van der Waals surface area contributed by atoms with Crippen molar-refractivity contribution in [1.29, 1.82) is 0 Å². The van der Waals surface area contributed by atoms with Gasteiger partial charge in [0.2, 0.25) is 0 Å². The minimum absolute atomic E-state index is 0. The van der Waals surface area contributed by atoms with Gasteiger partial charge in [0.1, 0.15) is 0 Å². The van der Waals surface area contributed by atoms with Crippen LogP contribution in [0.2, 0.25) is 0 Å². The van der Waals surface area contributed by atoms with Gasteiger partial charge in [0.05, 0.1) is 22.8 Å². The van der Waals surface area contributed by atoms with Crippen molar-refractivity contribution >= 4 is 43.6 Å². The first kappa shape index (κ1) is 23.9. The van der Waals surface area contributed by atoms with Crippen LogP contribution in [-0.2, 0) is 17.1 Å². The predicted octanol–water partition coefficient (Wildman–Crippen LogP) is 9.29. The summed E-state index contributed by atoms with van der Waals surface area (Å²) in [6.07, 6.45) is 0. The van der Waals surface area contributed by atoms with Gasteiger partial charge in [-0.25, -0.2) is 9.97 Å². The Labute approximate surface area is 246 Å². The molecule has 0 radical (unpaired) electrons. The normalized spacial score (nSPS) is 11.7. The summed E-state index contributed by atoms with van der Waals surface area (Å²) >= 11 is 0. The van der Waals surface area contributed by atoms with E-state index in [4.69, 9.17) is 9.97 Å². The van der Waals surface area contributed by atoms with Crippen LogP contribution in [-0.4, -0.2) is 19.9 Å². The van der Waals surface area contributed by atoms with Crippen molar-refractivity contribution in [3.8, 4) is 45.0 Å². The van der Waals surface area contributed by atoms with Gasteiger partial charge in [0.25, 0.3) is 0 Å². The first-order valence-corrected chi connectivity index (χ1v) is 13.5. The molecular weight excluding hydrogens is 552 g/mol. The Morgan fingerprint density at radius 3 is 0.854 bits per heavy atom. The Bertz CT molecular complexity index is 2020. The number of H-pyrrole nitrogens is 2. The zero-order valence-corrected chi connectivity index (χ0v) is 22.7. The topological polar surface area (TPSA) is 57.4 Å². The van der Waals surface area contributed by atoms with Gasteiger partial charge >= 0.3 is 17.1 Å². The summed E-state index contributed by atoms with van der Waals surface area (Å²) in [6.45, 7) is 0. The number of hydrogen-bond donors (Lipinski definition) is 2. The van der Waals surface area contributed by atoms with Crippen molar-refractivity contribution in [2.45, 2.75) is 0 Å². The van der Waals surface area contributed by atoms with Crippen LogP contribution in [0.3, 0.4) is 0 Å². The van der Waals surface area contributed by atoms with Crippen LogP contribution in [0.4, 0.5) is 0 Å². The molecule has 2 aliphatic heterocycles. The van der Waals surface area contributed by atoms with Crippen LogP contribution in [0.15, 0.2) is 121 Å². The summed E-state index contributed by atoms with van der Waals surface area (Å²) in [5.41, 5.74) is 12.5. The number of nitrogens with one attached hydrogen (secondary N) is 2. The molecule has 9 rings (SSSR count). The number of hydrogen-bond acceptors (Lipinski definition) is 2. The molecule has 4 nitrogen and oxygen atoms in total. The quantitative estimate of drug-likeness (QED) is 0.178. The van der Waals surface area contributed by atoms with Gasteiger partial charge in [-0.2, -0.15) is 0 Å². The number of aromatic amines is 2. The van der Waals surface area contributed by atoms with E-state index in [0.717, 1.165) is 88.6 Å². The van der Waals surface area contributed by atoms with Gasteiger partial charge in [0, 0.05) is 65.9 Å². The molecule has 0 spiro atoms. The van der Waals surface area contributed by atoms with E-state index in [0.29, 0.717) is 0 Å². The Balaban J connectivity index is 0.00000256. The van der Waals surface area contributed by atoms with Crippen molar-refractivity contribution in [3.63, 3.8) is 0 Å². The number of benzene rings is 4. The van der Waals surface area contributed by atoms with Crippen LogP contribution < -0.4 is 0 Å². The fraction of sp³-hybridized carbons (Fsp3) is 0. The molecule has 2 aliphatic rings. The van der Waals surface area contributed by atoms with Crippen LogP contribution in [0.1, 0.15) is 0 Å². The van der Waals surface area contributed by atoms with Gasteiger partial charge in [-0.15, -0.1) is 0 Å².